The maximum Gasteiger partial charge on any atom is 0.262 e. The number of aryl methyl sites for hydroxylation is 1. The smallest absolute Gasteiger partial charge is 0.262 e. The van der Waals surface area contributed by atoms with Crippen molar-refractivity contribution in [3.8, 4) is 17.7 Å². The first-order valence-corrected chi connectivity index (χ1v) is 10.1. The average Bonchev–Trinajstić information content (AvgIpc) is 3.16. The molecule has 0 aliphatic carbocycles. The van der Waals surface area contributed by atoms with Crippen molar-refractivity contribution >= 4 is 39.4 Å². The number of halogens is 2. The van der Waals surface area contributed by atoms with Gasteiger partial charge in [-0.1, -0.05) is 18.5 Å². The highest BCUT2D eigenvalue weighted by atomic mass is 35.5. The van der Waals surface area contributed by atoms with Crippen molar-refractivity contribution in [1.29, 1.82) is 5.26 Å². The SMILES string of the molecule is CCc1nc(NS(=O)c2c[nH]c3c(C#N)c(Cl)ccc23)nc(OC)c1OCCF. The third-order valence-electron chi connectivity index (χ3n) is 4.02. The van der Waals surface area contributed by atoms with Crippen LogP contribution in [0.25, 0.3) is 10.9 Å². The van der Waals surface area contributed by atoms with Gasteiger partial charge in [0.2, 0.25) is 11.7 Å². The van der Waals surface area contributed by atoms with Crippen molar-refractivity contribution in [2.75, 3.05) is 25.1 Å². The molecular formula is C18H17ClFN5O3S. The summed E-state index contributed by atoms with van der Waals surface area (Å²) in [5, 5.41) is 10.2. The van der Waals surface area contributed by atoms with Crippen molar-refractivity contribution in [2.45, 2.75) is 18.2 Å². The molecule has 0 spiro atoms. The molecule has 2 N–H and O–H groups in total. The summed E-state index contributed by atoms with van der Waals surface area (Å²) in [6.07, 6.45) is 2.00. The molecule has 0 amide bonds. The summed E-state index contributed by atoms with van der Waals surface area (Å²) >= 11 is 6.04. The zero-order valence-electron chi connectivity index (χ0n) is 15.6. The average molecular weight is 438 g/mol. The monoisotopic (exact) mass is 437 g/mol. The summed E-state index contributed by atoms with van der Waals surface area (Å²) in [5.41, 5.74) is 1.25. The van der Waals surface area contributed by atoms with Crippen LogP contribution in [-0.4, -0.2) is 39.6 Å². The van der Waals surface area contributed by atoms with Crippen LogP contribution in [0.15, 0.2) is 23.2 Å². The Morgan fingerprint density at radius 3 is 2.86 bits per heavy atom. The molecule has 2 aromatic heterocycles. The van der Waals surface area contributed by atoms with Gasteiger partial charge < -0.3 is 14.5 Å². The van der Waals surface area contributed by atoms with E-state index < -0.39 is 17.7 Å². The fourth-order valence-corrected chi connectivity index (χ4v) is 3.83. The number of nitriles is 1. The van der Waals surface area contributed by atoms with E-state index in [0.29, 0.717) is 32.9 Å². The van der Waals surface area contributed by atoms with Gasteiger partial charge in [0.25, 0.3) is 5.88 Å². The minimum atomic E-state index is -1.74. The topological polar surface area (TPSA) is 113 Å². The lowest BCUT2D eigenvalue weighted by molar-refractivity contribution is 0.253. The zero-order valence-corrected chi connectivity index (χ0v) is 17.2. The number of hydrogen-bond acceptors (Lipinski definition) is 6. The Labute approximate surface area is 173 Å². The van der Waals surface area contributed by atoms with E-state index in [1.54, 1.807) is 12.1 Å². The molecule has 152 valence electrons. The van der Waals surface area contributed by atoms with Gasteiger partial charge in [-0.2, -0.15) is 10.2 Å². The van der Waals surface area contributed by atoms with Crippen molar-refractivity contribution < 1.29 is 18.1 Å². The number of methoxy groups -OCH3 is 1. The van der Waals surface area contributed by atoms with Crippen LogP contribution in [0.3, 0.4) is 0 Å². The number of aromatic amines is 1. The summed E-state index contributed by atoms with van der Waals surface area (Å²) in [5.74, 6) is 0.431. The molecule has 0 saturated carbocycles. The number of anilines is 1. The lowest BCUT2D eigenvalue weighted by atomic mass is 10.1. The van der Waals surface area contributed by atoms with E-state index in [-0.39, 0.29) is 29.7 Å². The Balaban J connectivity index is 1.95. The van der Waals surface area contributed by atoms with Crippen LogP contribution < -0.4 is 14.2 Å². The van der Waals surface area contributed by atoms with Gasteiger partial charge >= 0.3 is 0 Å². The van der Waals surface area contributed by atoms with Crippen LogP contribution in [0.1, 0.15) is 18.2 Å². The molecule has 29 heavy (non-hydrogen) atoms. The number of benzene rings is 1. The van der Waals surface area contributed by atoms with Gasteiger partial charge in [0, 0.05) is 11.6 Å². The lowest BCUT2D eigenvalue weighted by Crippen LogP contribution is -2.12. The second-order valence-electron chi connectivity index (χ2n) is 5.70. The molecule has 0 bridgehead atoms. The highest BCUT2D eigenvalue weighted by Gasteiger charge is 2.19. The molecule has 3 rings (SSSR count). The maximum atomic E-state index is 12.9. The van der Waals surface area contributed by atoms with Crippen LogP contribution in [0.2, 0.25) is 5.02 Å². The Hall–Kier alpha value is -2.90. The summed E-state index contributed by atoms with van der Waals surface area (Å²) in [6.45, 7) is 1.04. The molecule has 8 nitrogen and oxygen atoms in total. The Morgan fingerprint density at radius 2 is 2.21 bits per heavy atom. The van der Waals surface area contributed by atoms with Gasteiger partial charge in [-0.05, 0) is 18.6 Å². The van der Waals surface area contributed by atoms with Gasteiger partial charge in [-0.3, -0.25) is 4.72 Å². The van der Waals surface area contributed by atoms with E-state index in [0.717, 1.165) is 0 Å². The molecule has 1 atom stereocenters. The predicted octanol–water partition coefficient (Wildman–Crippen LogP) is 3.54. The minimum absolute atomic E-state index is 0.0634. The highest BCUT2D eigenvalue weighted by Crippen LogP contribution is 2.32. The van der Waals surface area contributed by atoms with Crippen molar-refractivity contribution in [1.82, 2.24) is 15.0 Å². The molecule has 1 unspecified atom stereocenters. The van der Waals surface area contributed by atoms with E-state index >= 15 is 0 Å². The Kier molecular flexibility index (Phi) is 6.51. The first kappa shape index (κ1) is 20.8. The fraction of sp³-hybridized carbons (Fsp3) is 0.278. The standard InChI is InChI=1S/C18H17ClFN5O3S/c1-3-13-16(28-7-6-20)17(27-2)24-18(23-13)25-29(26)14-9-22-15-10(14)4-5-12(19)11(15)8-21/h4-5,9,22H,3,6-7H2,1-2H3,(H,23,24,25). The highest BCUT2D eigenvalue weighted by molar-refractivity contribution is 7.86. The van der Waals surface area contributed by atoms with Crippen LogP contribution in [0.5, 0.6) is 11.6 Å². The predicted molar refractivity (Wildman–Crippen MR) is 107 cm³/mol. The van der Waals surface area contributed by atoms with Crippen molar-refractivity contribution in [3.05, 3.63) is 34.6 Å². The first-order valence-electron chi connectivity index (χ1n) is 8.55. The molecule has 0 radical (unpaired) electrons. The molecule has 0 aliphatic rings. The molecule has 0 aliphatic heterocycles. The summed E-state index contributed by atoms with van der Waals surface area (Å²) in [6, 6.07) is 5.28. The van der Waals surface area contributed by atoms with Crippen LogP contribution in [0, 0.1) is 11.3 Å². The lowest BCUT2D eigenvalue weighted by Gasteiger charge is -2.14. The number of alkyl halides is 1. The van der Waals surface area contributed by atoms with E-state index in [1.807, 2.05) is 13.0 Å². The van der Waals surface area contributed by atoms with Gasteiger partial charge in [-0.15, -0.1) is 0 Å². The molecule has 1 aromatic carbocycles. The third kappa shape index (κ3) is 4.11. The number of hydrogen-bond donors (Lipinski definition) is 2. The van der Waals surface area contributed by atoms with E-state index in [1.165, 1.54) is 13.3 Å². The number of nitrogens with zero attached hydrogens (tertiary/aromatic N) is 3. The zero-order chi connectivity index (χ0) is 21.0. The van der Waals surface area contributed by atoms with E-state index in [9.17, 15) is 13.9 Å². The summed E-state index contributed by atoms with van der Waals surface area (Å²) < 4.78 is 38.7. The molecule has 0 saturated heterocycles. The van der Waals surface area contributed by atoms with E-state index in [4.69, 9.17) is 21.1 Å². The Morgan fingerprint density at radius 1 is 1.41 bits per heavy atom. The quantitative estimate of drug-likeness (QED) is 0.557. The van der Waals surface area contributed by atoms with Gasteiger partial charge in [-0.25, -0.2) is 13.6 Å². The van der Waals surface area contributed by atoms with Gasteiger partial charge in [0.15, 0.2) is 11.0 Å². The number of nitrogens with one attached hydrogen (secondary N) is 2. The van der Waals surface area contributed by atoms with Crippen molar-refractivity contribution in [2.24, 2.45) is 0 Å². The first-order chi connectivity index (χ1) is 14.0. The summed E-state index contributed by atoms with van der Waals surface area (Å²) in [7, 11) is -0.342. The molecule has 3 aromatic rings. The Bertz CT molecular complexity index is 1090. The van der Waals surface area contributed by atoms with E-state index in [2.05, 4.69) is 19.7 Å². The molecular weight excluding hydrogens is 421 g/mol. The largest absolute Gasteiger partial charge is 0.484 e. The third-order valence-corrected chi connectivity index (χ3v) is 5.44. The number of ether oxygens (including phenoxy) is 2. The van der Waals surface area contributed by atoms with Gasteiger partial charge in [0.1, 0.15) is 19.4 Å². The van der Waals surface area contributed by atoms with Crippen LogP contribution in [-0.2, 0) is 17.4 Å². The van der Waals surface area contributed by atoms with Crippen molar-refractivity contribution in [3.63, 3.8) is 0 Å². The number of fused-ring (bicyclic) bond motifs is 1. The maximum absolute atomic E-state index is 12.9. The second kappa shape index (κ2) is 9.07. The molecule has 11 heteroatoms. The number of rotatable bonds is 8. The van der Waals surface area contributed by atoms with Crippen LogP contribution >= 0.6 is 11.6 Å². The van der Waals surface area contributed by atoms with Gasteiger partial charge in [0.05, 0.1) is 33.8 Å². The molecule has 0 fully saturated rings. The fourth-order valence-electron chi connectivity index (χ4n) is 2.73. The second-order valence-corrected chi connectivity index (χ2v) is 7.29. The number of H-pyrrole nitrogens is 1. The molecule has 2 heterocycles. The summed E-state index contributed by atoms with van der Waals surface area (Å²) in [4.78, 5) is 11.8. The minimum Gasteiger partial charge on any atom is -0.484 e. The number of aromatic nitrogens is 3. The van der Waals surface area contributed by atoms with Crippen LogP contribution in [0.4, 0.5) is 10.3 Å². The normalized spacial score (nSPS) is 11.8.